The van der Waals surface area contributed by atoms with Crippen molar-refractivity contribution in [2.45, 2.75) is 65.2 Å². The van der Waals surface area contributed by atoms with Crippen LogP contribution in [-0.2, 0) is 19.0 Å². The monoisotopic (exact) mass is 295 g/mol. The van der Waals surface area contributed by atoms with E-state index in [1.807, 2.05) is 6.92 Å². The predicted molar refractivity (Wildman–Crippen MR) is 73.5 cm³/mol. The van der Waals surface area contributed by atoms with Gasteiger partial charge in [0.1, 0.15) is 5.60 Å². The van der Waals surface area contributed by atoms with E-state index in [9.17, 15) is 13.2 Å². The van der Waals surface area contributed by atoms with Crippen molar-refractivity contribution in [1.29, 1.82) is 0 Å². The smallest absolute Gasteiger partial charge is 0.407 e. The van der Waals surface area contributed by atoms with E-state index in [0.717, 1.165) is 12.7 Å². The van der Waals surface area contributed by atoms with E-state index in [0.29, 0.717) is 6.42 Å². The van der Waals surface area contributed by atoms with Gasteiger partial charge in [-0.2, -0.15) is 8.42 Å². The second kappa shape index (κ2) is 7.09. The highest BCUT2D eigenvalue weighted by atomic mass is 32.2. The van der Waals surface area contributed by atoms with Crippen molar-refractivity contribution in [3.8, 4) is 0 Å². The van der Waals surface area contributed by atoms with Crippen LogP contribution in [0.2, 0.25) is 0 Å². The van der Waals surface area contributed by atoms with Crippen LogP contribution in [0.4, 0.5) is 4.79 Å². The van der Waals surface area contributed by atoms with Gasteiger partial charge in [0.25, 0.3) is 10.1 Å². The molecule has 0 saturated carbocycles. The van der Waals surface area contributed by atoms with Gasteiger partial charge >= 0.3 is 6.09 Å². The van der Waals surface area contributed by atoms with Crippen LogP contribution in [0.3, 0.4) is 0 Å². The van der Waals surface area contributed by atoms with Gasteiger partial charge in [0, 0.05) is 0 Å². The number of carbonyl (C=O) groups is 1. The van der Waals surface area contributed by atoms with Gasteiger partial charge < -0.3 is 10.1 Å². The van der Waals surface area contributed by atoms with E-state index >= 15 is 0 Å². The highest BCUT2D eigenvalue weighted by molar-refractivity contribution is 7.86. The van der Waals surface area contributed by atoms with Gasteiger partial charge in [0.05, 0.1) is 18.4 Å². The largest absolute Gasteiger partial charge is 0.444 e. The van der Waals surface area contributed by atoms with E-state index in [1.54, 1.807) is 27.7 Å². The fraction of sp³-hybridized carbons (Fsp3) is 0.917. The van der Waals surface area contributed by atoms with Gasteiger partial charge in [0.15, 0.2) is 0 Å². The number of hydrogen-bond acceptors (Lipinski definition) is 5. The van der Waals surface area contributed by atoms with Gasteiger partial charge in [-0.25, -0.2) is 4.79 Å². The van der Waals surface area contributed by atoms with Gasteiger partial charge in [-0.05, 0) is 34.1 Å². The SMILES string of the molecule is CCC[C@@H](NC(=O)OC(C)(C)C)[C@H](C)OS(C)(=O)=O. The first kappa shape index (κ1) is 18.2. The van der Waals surface area contributed by atoms with E-state index in [1.165, 1.54) is 0 Å². The minimum atomic E-state index is -3.55. The van der Waals surface area contributed by atoms with Crippen molar-refractivity contribution in [3.05, 3.63) is 0 Å². The summed E-state index contributed by atoms with van der Waals surface area (Å²) < 4.78 is 32.2. The molecule has 0 bridgehead atoms. The molecular formula is C12H25NO5S. The second-order valence-electron chi connectivity index (χ2n) is 5.55. The summed E-state index contributed by atoms with van der Waals surface area (Å²) in [6.45, 7) is 8.84. The molecule has 0 aliphatic rings. The maximum absolute atomic E-state index is 11.7. The lowest BCUT2D eigenvalue weighted by atomic mass is 10.1. The minimum absolute atomic E-state index is 0.408. The lowest BCUT2D eigenvalue weighted by Crippen LogP contribution is -2.45. The fourth-order valence-electron chi connectivity index (χ4n) is 1.54. The van der Waals surface area contributed by atoms with Crippen LogP contribution in [-0.4, -0.2) is 38.5 Å². The molecule has 0 aliphatic carbocycles. The molecule has 0 rings (SSSR count). The molecule has 0 aliphatic heterocycles. The lowest BCUT2D eigenvalue weighted by molar-refractivity contribution is 0.0451. The van der Waals surface area contributed by atoms with Crippen molar-refractivity contribution in [1.82, 2.24) is 5.32 Å². The Labute approximate surface area is 116 Å². The molecule has 6 nitrogen and oxygen atoms in total. The molecule has 0 spiro atoms. The standard InChI is InChI=1S/C12H25NO5S/c1-7-8-10(9(2)18-19(6,15)16)13-11(14)17-12(3,4)5/h9-10H,7-8H2,1-6H3,(H,13,14)/t9-,10+/m0/s1. The van der Waals surface area contributed by atoms with Gasteiger partial charge in [-0.1, -0.05) is 13.3 Å². The molecule has 0 heterocycles. The first-order valence-electron chi connectivity index (χ1n) is 6.32. The lowest BCUT2D eigenvalue weighted by Gasteiger charge is -2.26. The Bertz CT molecular complexity index is 385. The topological polar surface area (TPSA) is 81.7 Å². The first-order chi connectivity index (χ1) is 8.44. The Hall–Kier alpha value is -0.820. The van der Waals surface area contributed by atoms with Crippen LogP contribution in [0.5, 0.6) is 0 Å². The van der Waals surface area contributed by atoms with Gasteiger partial charge in [-0.3, -0.25) is 4.18 Å². The van der Waals surface area contributed by atoms with Crippen LogP contribution in [0.15, 0.2) is 0 Å². The van der Waals surface area contributed by atoms with Gasteiger partial charge in [-0.15, -0.1) is 0 Å². The summed E-state index contributed by atoms with van der Waals surface area (Å²) in [5.74, 6) is 0. The molecule has 114 valence electrons. The summed E-state index contributed by atoms with van der Waals surface area (Å²) >= 11 is 0. The quantitative estimate of drug-likeness (QED) is 0.758. The molecule has 2 atom stereocenters. The zero-order valence-electron chi connectivity index (χ0n) is 12.5. The summed E-state index contributed by atoms with van der Waals surface area (Å²) in [5.41, 5.74) is -0.595. The molecule has 0 saturated heterocycles. The summed E-state index contributed by atoms with van der Waals surface area (Å²) in [5, 5.41) is 2.65. The Morgan fingerprint density at radius 1 is 1.32 bits per heavy atom. The molecule has 19 heavy (non-hydrogen) atoms. The van der Waals surface area contributed by atoms with E-state index < -0.39 is 34.0 Å². The number of nitrogens with one attached hydrogen (secondary N) is 1. The Balaban J connectivity index is 4.60. The van der Waals surface area contributed by atoms with Crippen molar-refractivity contribution < 1.29 is 22.1 Å². The Kier molecular flexibility index (Phi) is 6.79. The number of amides is 1. The van der Waals surface area contributed by atoms with Crippen molar-refractivity contribution in [2.75, 3.05) is 6.26 Å². The maximum Gasteiger partial charge on any atom is 0.407 e. The number of alkyl carbamates (subject to hydrolysis) is 1. The van der Waals surface area contributed by atoms with Crippen LogP contribution in [0.25, 0.3) is 0 Å². The van der Waals surface area contributed by atoms with Crippen LogP contribution >= 0.6 is 0 Å². The predicted octanol–water partition coefficient (Wildman–Crippen LogP) is 2.04. The minimum Gasteiger partial charge on any atom is -0.444 e. The zero-order valence-corrected chi connectivity index (χ0v) is 13.3. The van der Waals surface area contributed by atoms with Crippen LogP contribution < -0.4 is 5.32 Å². The Morgan fingerprint density at radius 3 is 2.21 bits per heavy atom. The van der Waals surface area contributed by atoms with Crippen LogP contribution in [0.1, 0.15) is 47.5 Å². The molecule has 1 N–H and O–H groups in total. The normalized spacial score (nSPS) is 15.7. The maximum atomic E-state index is 11.7. The van der Waals surface area contributed by atoms with E-state index in [2.05, 4.69) is 5.32 Å². The molecule has 0 fully saturated rings. The number of ether oxygens (including phenoxy) is 1. The third-order valence-corrected chi connectivity index (χ3v) is 2.85. The summed E-state index contributed by atoms with van der Waals surface area (Å²) in [6, 6.07) is -0.408. The Morgan fingerprint density at radius 2 is 1.84 bits per heavy atom. The van der Waals surface area contributed by atoms with Gasteiger partial charge in [0.2, 0.25) is 0 Å². The number of carbonyl (C=O) groups excluding carboxylic acids is 1. The van der Waals surface area contributed by atoms with E-state index in [-0.39, 0.29) is 0 Å². The van der Waals surface area contributed by atoms with E-state index in [4.69, 9.17) is 8.92 Å². The van der Waals surface area contributed by atoms with Crippen molar-refractivity contribution >= 4 is 16.2 Å². The zero-order chi connectivity index (χ0) is 15.3. The number of hydrogen-bond donors (Lipinski definition) is 1. The van der Waals surface area contributed by atoms with Crippen molar-refractivity contribution in [2.24, 2.45) is 0 Å². The molecule has 0 radical (unpaired) electrons. The highest BCUT2D eigenvalue weighted by Crippen LogP contribution is 2.11. The van der Waals surface area contributed by atoms with Crippen LogP contribution in [0, 0.1) is 0 Å². The average Bonchev–Trinajstić information content (AvgIpc) is 2.10. The molecule has 0 unspecified atom stereocenters. The fourth-order valence-corrected chi connectivity index (χ4v) is 2.22. The molecule has 0 aromatic carbocycles. The highest BCUT2D eigenvalue weighted by Gasteiger charge is 2.25. The molecule has 1 amide bonds. The third-order valence-electron chi connectivity index (χ3n) is 2.20. The first-order valence-corrected chi connectivity index (χ1v) is 8.14. The number of rotatable bonds is 6. The van der Waals surface area contributed by atoms with Crippen molar-refractivity contribution in [3.63, 3.8) is 0 Å². The molecular weight excluding hydrogens is 270 g/mol. The summed E-state index contributed by atoms with van der Waals surface area (Å²) in [6.07, 6.45) is 1.17. The molecule has 7 heteroatoms. The molecule has 0 aromatic heterocycles. The summed E-state index contributed by atoms with van der Waals surface area (Å²) in [4.78, 5) is 11.7. The second-order valence-corrected chi connectivity index (χ2v) is 7.15. The molecule has 0 aromatic rings. The average molecular weight is 295 g/mol. The summed E-state index contributed by atoms with van der Waals surface area (Å²) in [7, 11) is -3.55. The third kappa shape index (κ3) is 9.72.